The Morgan fingerprint density at radius 2 is 0.567 bits per heavy atom. The van der Waals surface area contributed by atoms with Gasteiger partial charge in [-0.15, -0.1) is 0 Å². The number of halogens is 1. The quantitative estimate of drug-likeness (QED) is 0.163. The van der Waals surface area contributed by atoms with Gasteiger partial charge in [-0.25, -0.2) is 0 Å². The number of hydrogen-bond donors (Lipinski definition) is 2. The number of anilines is 3. The van der Waals surface area contributed by atoms with E-state index in [1.807, 2.05) is 18.2 Å². The summed E-state index contributed by atoms with van der Waals surface area (Å²) in [6.07, 6.45) is 0. The van der Waals surface area contributed by atoms with Crippen LogP contribution in [-0.4, -0.2) is 0 Å². The molecular weight excluding hydrogens is 877 g/mol. The molecule has 0 saturated heterocycles. The fraction of sp³-hybridized carbons (Fsp3) is 0. The predicted octanol–water partition coefficient (Wildman–Crippen LogP) is 18.4. The zero-order chi connectivity index (χ0) is 45.4. The van der Waals surface area contributed by atoms with Crippen LogP contribution in [0.15, 0.2) is 271 Å². The van der Waals surface area contributed by atoms with Crippen molar-refractivity contribution in [3.8, 4) is 44.5 Å². The molecule has 0 spiro atoms. The Bertz CT molecular complexity index is 3400. The highest BCUT2D eigenvalue weighted by Crippen LogP contribution is 2.35. The summed E-state index contributed by atoms with van der Waals surface area (Å²) in [7, 11) is 0. The fourth-order valence-corrected chi connectivity index (χ4v) is 9.37. The molecule has 3 N–H and O–H groups in total. The summed E-state index contributed by atoms with van der Waals surface area (Å²) in [6.45, 7) is 0. The third-order valence-corrected chi connectivity index (χ3v) is 12.6. The highest BCUT2D eigenvalue weighted by molar-refractivity contribution is 9.10. The van der Waals surface area contributed by atoms with Crippen LogP contribution in [0.4, 0.5) is 17.1 Å². The van der Waals surface area contributed by atoms with Crippen LogP contribution in [0.25, 0.3) is 87.6 Å². The Morgan fingerprint density at radius 1 is 0.269 bits per heavy atom. The van der Waals surface area contributed by atoms with Crippen molar-refractivity contribution < 1.29 is 0 Å². The van der Waals surface area contributed by atoms with E-state index in [4.69, 9.17) is 5.73 Å². The minimum Gasteiger partial charge on any atom is -0.399 e. The van der Waals surface area contributed by atoms with E-state index in [2.05, 4.69) is 270 Å². The Kier molecular flexibility index (Phi) is 12.7. The smallest absolute Gasteiger partial charge is 0.0390 e. The SMILES string of the molecule is Brc1cccc(-c2cccc3ccccc23)c1.Nc1cccc(-c2cccc3ccccc23)c1.c1cc(Nc2cccc(-c3cccc4ccccc34)c2)cc(-c2cccc3ccccc23)c1. The van der Waals surface area contributed by atoms with Gasteiger partial charge in [-0.2, -0.15) is 0 Å². The molecule has 67 heavy (non-hydrogen) atoms. The molecule has 0 aliphatic rings. The summed E-state index contributed by atoms with van der Waals surface area (Å²) in [4.78, 5) is 0. The topological polar surface area (TPSA) is 38.0 Å². The standard InChI is InChI=1S/C32H23N.C16H11Br.C16H13N/c1-3-17-29-23(9-1)11-7-19-31(29)25-13-5-15-27(21-25)33-28-16-6-14-26(22-28)32-20-8-12-24-10-2-4-18-30(24)32;2*17-14-8-3-7-13(11-14)16-10-4-6-12-5-1-2-9-15(12)16/h1-22,33H;1-11H;1-11H,17H2. The second-order valence-electron chi connectivity index (χ2n) is 16.5. The van der Waals surface area contributed by atoms with Gasteiger partial charge >= 0.3 is 0 Å². The van der Waals surface area contributed by atoms with Gasteiger partial charge in [0.05, 0.1) is 0 Å². The highest BCUT2D eigenvalue weighted by Gasteiger charge is 2.08. The van der Waals surface area contributed by atoms with Crippen LogP contribution in [0.5, 0.6) is 0 Å². The number of rotatable bonds is 6. The lowest BCUT2D eigenvalue weighted by Gasteiger charge is -2.12. The predicted molar refractivity (Wildman–Crippen MR) is 293 cm³/mol. The van der Waals surface area contributed by atoms with Crippen molar-refractivity contribution in [1.82, 2.24) is 0 Å². The lowest BCUT2D eigenvalue weighted by Crippen LogP contribution is -1.92. The Morgan fingerprint density at radius 3 is 0.940 bits per heavy atom. The van der Waals surface area contributed by atoms with Crippen LogP contribution in [0, 0.1) is 0 Å². The first-order valence-electron chi connectivity index (χ1n) is 22.5. The maximum Gasteiger partial charge on any atom is 0.0390 e. The molecule has 0 radical (unpaired) electrons. The number of fused-ring (bicyclic) bond motifs is 4. The van der Waals surface area contributed by atoms with Crippen LogP contribution < -0.4 is 11.1 Å². The van der Waals surface area contributed by atoms with Crippen molar-refractivity contribution >= 4 is 76.1 Å². The van der Waals surface area contributed by atoms with Gasteiger partial charge in [0, 0.05) is 21.5 Å². The minimum absolute atomic E-state index is 0.801. The van der Waals surface area contributed by atoms with Crippen LogP contribution in [0.2, 0.25) is 0 Å². The number of nitrogen functional groups attached to an aromatic ring is 1. The van der Waals surface area contributed by atoms with Gasteiger partial charge in [-0.1, -0.05) is 234 Å². The number of benzene rings is 12. The summed E-state index contributed by atoms with van der Waals surface area (Å²) in [5.41, 5.74) is 18.7. The third-order valence-electron chi connectivity index (χ3n) is 12.1. The average molecular weight is 924 g/mol. The van der Waals surface area contributed by atoms with Gasteiger partial charge in [0.1, 0.15) is 0 Å². The van der Waals surface area contributed by atoms with Crippen molar-refractivity contribution in [2.45, 2.75) is 0 Å². The Hall–Kier alpha value is -8.24. The van der Waals surface area contributed by atoms with Gasteiger partial charge in [-0.3, -0.25) is 0 Å². The van der Waals surface area contributed by atoms with Gasteiger partial charge in [-0.05, 0) is 136 Å². The van der Waals surface area contributed by atoms with E-state index < -0.39 is 0 Å². The first-order valence-corrected chi connectivity index (χ1v) is 23.3. The monoisotopic (exact) mass is 922 g/mol. The molecule has 12 aromatic carbocycles. The van der Waals surface area contributed by atoms with E-state index in [0.717, 1.165) is 21.5 Å². The molecule has 0 amide bonds. The third kappa shape index (κ3) is 9.74. The van der Waals surface area contributed by atoms with E-state index in [-0.39, 0.29) is 0 Å². The van der Waals surface area contributed by atoms with Gasteiger partial charge in [0.25, 0.3) is 0 Å². The summed E-state index contributed by atoms with van der Waals surface area (Å²) >= 11 is 3.52. The van der Waals surface area contributed by atoms with Crippen molar-refractivity contribution in [2.24, 2.45) is 0 Å². The molecular formula is C64H47BrN2. The minimum atomic E-state index is 0.801. The van der Waals surface area contributed by atoms with Crippen molar-refractivity contribution in [3.63, 3.8) is 0 Å². The van der Waals surface area contributed by atoms with Crippen LogP contribution in [-0.2, 0) is 0 Å². The molecule has 2 nitrogen and oxygen atoms in total. The zero-order valence-corrected chi connectivity index (χ0v) is 38.4. The van der Waals surface area contributed by atoms with Gasteiger partial charge in [0.2, 0.25) is 0 Å². The Labute approximate surface area is 400 Å². The van der Waals surface area contributed by atoms with E-state index in [0.29, 0.717) is 0 Å². The van der Waals surface area contributed by atoms with Crippen molar-refractivity contribution in [3.05, 3.63) is 271 Å². The normalized spacial score (nSPS) is 10.8. The number of hydrogen-bond acceptors (Lipinski definition) is 2. The van der Waals surface area contributed by atoms with Crippen molar-refractivity contribution in [2.75, 3.05) is 11.1 Å². The highest BCUT2D eigenvalue weighted by atomic mass is 79.9. The van der Waals surface area contributed by atoms with Gasteiger partial charge < -0.3 is 11.1 Å². The first kappa shape index (κ1) is 42.7. The maximum absolute atomic E-state index is 5.84. The molecule has 0 atom stereocenters. The van der Waals surface area contributed by atoms with E-state index in [1.165, 1.54) is 87.6 Å². The molecule has 0 aromatic heterocycles. The Balaban J connectivity index is 0.000000130. The van der Waals surface area contributed by atoms with E-state index >= 15 is 0 Å². The van der Waals surface area contributed by atoms with Crippen LogP contribution >= 0.6 is 15.9 Å². The first-order chi connectivity index (χ1) is 33.0. The second-order valence-corrected chi connectivity index (χ2v) is 17.4. The van der Waals surface area contributed by atoms with Crippen molar-refractivity contribution in [1.29, 1.82) is 0 Å². The lowest BCUT2D eigenvalue weighted by atomic mass is 9.97. The average Bonchev–Trinajstić information content (AvgIpc) is 3.38. The summed E-state index contributed by atoms with van der Waals surface area (Å²) in [6, 6.07) is 93.5. The molecule has 0 aliphatic carbocycles. The molecule has 0 unspecified atom stereocenters. The van der Waals surface area contributed by atoms with Gasteiger partial charge in [0.15, 0.2) is 0 Å². The van der Waals surface area contributed by atoms with Crippen LogP contribution in [0.1, 0.15) is 0 Å². The summed E-state index contributed by atoms with van der Waals surface area (Å²) in [5, 5.41) is 13.8. The molecule has 0 saturated carbocycles. The molecule has 320 valence electrons. The molecule has 12 rings (SSSR count). The zero-order valence-electron chi connectivity index (χ0n) is 36.9. The second kappa shape index (κ2) is 19.9. The number of nitrogens with one attached hydrogen (secondary N) is 1. The molecule has 3 heteroatoms. The van der Waals surface area contributed by atoms with E-state index in [1.54, 1.807) is 0 Å². The number of nitrogens with two attached hydrogens (primary N) is 1. The molecule has 0 fully saturated rings. The summed E-state index contributed by atoms with van der Waals surface area (Å²) < 4.78 is 1.11. The fourth-order valence-electron chi connectivity index (χ4n) is 8.97. The molecule has 0 bridgehead atoms. The maximum atomic E-state index is 5.84. The summed E-state index contributed by atoms with van der Waals surface area (Å²) in [5.74, 6) is 0. The molecule has 0 aliphatic heterocycles. The van der Waals surface area contributed by atoms with Crippen LogP contribution in [0.3, 0.4) is 0 Å². The molecule has 0 heterocycles. The lowest BCUT2D eigenvalue weighted by molar-refractivity contribution is 1.54. The van der Waals surface area contributed by atoms with E-state index in [9.17, 15) is 0 Å². The largest absolute Gasteiger partial charge is 0.399 e. The molecule has 12 aromatic rings.